The second-order valence-electron chi connectivity index (χ2n) is 6.91. The van der Waals surface area contributed by atoms with Gasteiger partial charge in [-0.1, -0.05) is 56.1 Å². The van der Waals surface area contributed by atoms with Crippen LogP contribution in [0.5, 0.6) is 0 Å². The maximum atomic E-state index is 12.5. The van der Waals surface area contributed by atoms with E-state index in [1.807, 2.05) is 20.8 Å². The van der Waals surface area contributed by atoms with E-state index in [0.29, 0.717) is 0 Å². The van der Waals surface area contributed by atoms with Crippen molar-refractivity contribution < 1.29 is 0 Å². The molecule has 0 fully saturated rings. The lowest BCUT2D eigenvalue weighted by Crippen LogP contribution is -2.38. The molecule has 0 unspecified atom stereocenters. The fraction of sp³-hybridized carbons (Fsp3) is 0.500. The number of hydrogen-bond donors (Lipinski definition) is 0. The molecule has 3 nitrogen and oxygen atoms in total. The Balaban J connectivity index is 2.08. The molecule has 0 aliphatic rings. The van der Waals surface area contributed by atoms with Crippen LogP contribution < -0.4 is 5.56 Å². The van der Waals surface area contributed by atoms with Gasteiger partial charge in [-0.05, 0) is 44.2 Å². The zero-order valence-electron chi connectivity index (χ0n) is 15.5. The van der Waals surface area contributed by atoms with Crippen molar-refractivity contribution in [2.45, 2.75) is 69.6 Å². The van der Waals surface area contributed by atoms with Gasteiger partial charge in [0.05, 0.1) is 16.6 Å². The molecule has 2 aromatic rings. The molecule has 0 saturated carbocycles. The third-order valence-corrected chi connectivity index (χ3v) is 6.14. The van der Waals surface area contributed by atoms with Crippen LogP contribution in [0.25, 0.3) is 0 Å². The van der Waals surface area contributed by atoms with Crippen molar-refractivity contribution in [2.24, 2.45) is 0 Å². The molecule has 0 N–H and O–H groups in total. The van der Waals surface area contributed by atoms with Gasteiger partial charge in [-0.15, -0.1) is 11.8 Å². The average molecular weight is 379 g/mol. The summed E-state index contributed by atoms with van der Waals surface area (Å²) in [5.41, 5.74) is 2.05. The normalized spacial score (nSPS) is 11.7. The van der Waals surface area contributed by atoms with Crippen LogP contribution in [0.4, 0.5) is 0 Å². The number of thioether (sulfide) groups is 1. The summed E-state index contributed by atoms with van der Waals surface area (Å²) in [5.74, 6) is 0.774. The maximum Gasteiger partial charge on any atom is 0.287 e. The molecular formula is C20H27ClN2OS. The predicted octanol–water partition coefficient (Wildman–Crippen LogP) is 5.68. The van der Waals surface area contributed by atoms with Gasteiger partial charge in [-0.25, -0.2) is 4.68 Å². The summed E-state index contributed by atoms with van der Waals surface area (Å²) in [6, 6.07) is 8.68. The highest BCUT2D eigenvalue weighted by Crippen LogP contribution is 2.28. The van der Waals surface area contributed by atoms with Crippen molar-refractivity contribution in [1.29, 1.82) is 0 Å². The van der Waals surface area contributed by atoms with Gasteiger partial charge in [-0.2, -0.15) is 5.10 Å². The van der Waals surface area contributed by atoms with E-state index in [1.54, 1.807) is 18.0 Å². The Hall–Kier alpha value is -1.26. The van der Waals surface area contributed by atoms with E-state index in [-0.39, 0.29) is 16.1 Å². The van der Waals surface area contributed by atoms with Crippen LogP contribution in [0.15, 0.2) is 40.2 Å². The van der Waals surface area contributed by atoms with Crippen LogP contribution in [-0.2, 0) is 17.7 Å². The number of aryl methyl sites for hydroxylation is 1. The quantitative estimate of drug-likeness (QED) is 0.554. The number of hydrogen-bond acceptors (Lipinski definition) is 3. The summed E-state index contributed by atoms with van der Waals surface area (Å²) in [6.07, 6.45) is 6.09. The number of halogens is 1. The Kier molecular flexibility index (Phi) is 7.14. The lowest BCUT2D eigenvalue weighted by molar-refractivity contribution is 0.292. The van der Waals surface area contributed by atoms with Crippen LogP contribution in [0.1, 0.15) is 58.1 Å². The molecule has 2 rings (SSSR count). The van der Waals surface area contributed by atoms with Gasteiger partial charge in [0.15, 0.2) is 0 Å². The SMILES string of the molecule is CCCCc1ccc(CSc2cnn(C(C)(C)CC)c(=O)c2Cl)cc1. The molecule has 0 amide bonds. The van der Waals surface area contributed by atoms with Gasteiger partial charge in [-0.3, -0.25) is 4.79 Å². The standard InChI is InChI=1S/C20H27ClN2OS/c1-5-7-8-15-9-11-16(12-10-15)14-25-17-13-22-23(19(24)18(17)21)20(3,4)6-2/h9-13H,5-8,14H2,1-4H3. The summed E-state index contributed by atoms with van der Waals surface area (Å²) in [7, 11) is 0. The molecule has 0 aliphatic heterocycles. The summed E-state index contributed by atoms with van der Waals surface area (Å²) < 4.78 is 1.49. The number of aromatic nitrogens is 2. The van der Waals surface area contributed by atoms with Crippen LogP contribution in [0.3, 0.4) is 0 Å². The molecule has 1 aromatic heterocycles. The van der Waals surface area contributed by atoms with E-state index in [4.69, 9.17) is 11.6 Å². The number of unbranched alkanes of at least 4 members (excludes halogenated alkanes) is 1. The molecule has 0 radical (unpaired) electrons. The van der Waals surface area contributed by atoms with Gasteiger partial charge in [0, 0.05) is 5.75 Å². The average Bonchev–Trinajstić information content (AvgIpc) is 2.62. The van der Waals surface area contributed by atoms with Crippen LogP contribution in [0.2, 0.25) is 5.02 Å². The van der Waals surface area contributed by atoms with E-state index < -0.39 is 0 Å². The molecular weight excluding hydrogens is 352 g/mol. The van der Waals surface area contributed by atoms with E-state index in [2.05, 4.69) is 36.3 Å². The fourth-order valence-electron chi connectivity index (χ4n) is 2.44. The zero-order chi connectivity index (χ0) is 18.4. The molecule has 1 heterocycles. The van der Waals surface area contributed by atoms with Crippen molar-refractivity contribution in [3.8, 4) is 0 Å². The van der Waals surface area contributed by atoms with Crippen molar-refractivity contribution in [3.63, 3.8) is 0 Å². The highest BCUT2D eigenvalue weighted by molar-refractivity contribution is 7.98. The van der Waals surface area contributed by atoms with Crippen molar-refractivity contribution in [3.05, 3.63) is 57.0 Å². The third-order valence-electron chi connectivity index (χ3n) is 4.56. The van der Waals surface area contributed by atoms with E-state index in [9.17, 15) is 4.79 Å². The van der Waals surface area contributed by atoms with E-state index >= 15 is 0 Å². The maximum absolute atomic E-state index is 12.5. The van der Waals surface area contributed by atoms with Crippen molar-refractivity contribution in [2.75, 3.05) is 0 Å². The van der Waals surface area contributed by atoms with Crippen LogP contribution in [-0.4, -0.2) is 9.78 Å². The highest BCUT2D eigenvalue weighted by Gasteiger charge is 2.22. The van der Waals surface area contributed by atoms with Crippen molar-refractivity contribution in [1.82, 2.24) is 9.78 Å². The van der Waals surface area contributed by atoms with E-state index in [0.717, 1.165) is 23.5 Å². The first-order valence-corrected chi connectivity index (χ1v) is 10.2. The number of benzene rings is 1. The summed E-state index contributed by atoms with van der Waals surface area (Å²) in [4.78, 5) is 13.2. The van der Waals surface area contributed by atoms with Crippen LogP contribution in [0, 0.1) is 0 Å². The molecule has 1 aromatic carbocycles. The Labute approximate surface area is 159 Å². The number of nitrogens with zero attached hydrogens (tertiary/aromatic N) is 2. The summed E-state index contributed by atoms with van der Waals surface area (Å²) >= 11 is 7.87. The Morgan fingerprint density at radius 2 is 1.80 bits per heavy atom. The lowest BCUT2D eigenvalue weighted by atomic mass is 10.0. The molecule has 0 saturated heterocycles. The zero-order valence-corrected chi connectivity index (χ0v) is 17.1. The Morgan fingerprint density at radius 1 is 1.16 bits per heavy atom. The third kappa shape index (κ3) is 5.11. The number of rotatable bonds is 8. The summed E-state index contributed by atoms with van der Waals surface area (Å²) in [5, 5.41) is 4.61. The molecule has 136 valence electrons. The van der Waals surface area contributed by atoms with Gasteiger partial charge in [0.1, 0.15) is 5.02 Å². The molecule has 0 bridgehead atoms. The molecule has 0 spiro atoms. The molecule has 0 aliphatic carbocycles. The lowest BCUT2D eigenvalue weighted by Gasteiger charge is -2.24. The minimum Gasteiger partial charge on any atom is -0.266 e. The van der Waals surface area contributed by atoms with Gasteiger partial charge in [0.25, 0.3) is 5.56 Å². The minimum absolute atomic E-state index is 0.214. The van der Waals surface area contributed by atoms with Crippen LogP contribution >= 0.6 is 23.4 Å². The van der Waals surface area contributed by atoms with Gasteiger partial charge in [0.2, 0.25) is 0 Å². The Bertz CT molecular complexity index is 753. The second kappa shape index (κ2) is 8.91. The monoisotopic (exact) mass is 378 g/mol. The second-order valence-corrected chi connectivity index (χ2v) is 8.31. The molecule has 5 heteroatoms. The predicted molar refractivity (Wildman–Crippen MR) is 108 cm³/mol. The minimum atomic E-state index is -0.335. The first-order valence-electron chi connectivity index (χ1n) is 8.88. The first kappa shape index (κ1) is 20.1. The molecule has 0 atom stereocenters. The topological polar surface area (TPSA) is 34.9 Å². The van der Waals surface area contributed by atoms with Gasteiger partial charge >= 0.3 is 0 Å². The summed E-state index contributed by atoms with van der Waals surface area (Å²) in [6.45, 7) is 8.22. The highest BCUT2D eigenvalue weighted by atomic mass is 35.5. The first-order chi connectivity index (χ1) is 11.9. The van der Waals surface area contributed by atoms with Crippen molar-refractivity contribution >= 4 is 23.4 Å². The van der Waals surface area contributed by atoms with Gasteiger partial charge < -0.3 is 0 Å². The fourth-order valence-corrected chi connectivity index (χ4v) is 3.59. The van der Waals surface area contributed by atoms with E-state index in [1.165, 1.54) is 28.7 Å². The largest absolute Gasteiger partial charge is 0.287 e. The Morgan fingerprint density at radius 3 is 2.40 bits per heavy atom. The molecule has 25 heavy (non-hydrogen) atoms. The smallest absolute Gasteiger partial charge is 0.266 e.